The zero-order valence-electron chi connectivity index (χ0n) is 26.7. The van der Waals surface area contributed by atoms with Crippen molar-refractivity contribution < 1.29 is 4.42 Å². The van der Waals surface area contributed by atoms with Gasteiger partial charge in [-0.05, 0) is 94.3 Å². The summed E-state index contributed by atoms with van der Waals surface area (Å²) < 4.78 is 6.45. The van der Waals surface area contributed by atoms with Gasteiger partial charge >= 0.3 is 0 Å². The molecule has 9 rings (SSSR count). The second-order valence-electron chi connectivity index (χ2n) is 13.3. The predicted molar refractivity (Wildman–Crippen MR) is 197 cm³/mol. The van der Waals surface area contributed by atoms with Crippen LogP contribution in [-0.2, 0) is 5.41 Å². The topological polar surface area (TPSA) is 16.4 Å². The van der Waals surface area contributed by atoms with Gasteiger partial charge in [-0.1, -0.05) is 123 Å². The van der Waals surface area contributed by atoms with Gasteiger partial charge in [0, 0.05) is 38.8 Å². The molecule has 0 radical (unpaired) electrons. The SMILES string of the molecule is CC1(C)c2cc(-c3ccccc3)ccc2-c2ccc(N(C3=CC=CCC3)c3cccc(-c4cccc5c4oc4ccccc45)c3)cc21. The van der Waals surface area contributed by atoms with Crippen LogP contribution in [0.3, 0.4) is 0 Å². The average Bonchev–Trinajstić information content (AvgIpc) is 3.61. The summed E-state index contributed by atoms with van der Waals surface area (Å²) in [4.78, 5) is 2.46. The molecule has 2 heteroatoms. The quantitative estimate of drug-likeness (QED) is 0.194. The number of para-hydroxylation sites is 2. The number of fused-ring (bicyclic) bond motifs is 6. The summed E-state index contributed by atoms with van der Waals surface area (Å²) in [6.45, 7) is 4.75. The first-order valence-corrected chi connectivity index (χ1v) is 16.6. The highest BCUT2D eigenvalue weighted by Gasteiger charge is 2.36. The molecule has 6 aromatic carbocycles. The molecule has 1 heterocycles. The Kier molecular flexibility index (Phi) is 6.33. The molecule has 0 amide bonds. The minimum absolute atomic E-state index is 0.128. The van der Waals surface area contributed by atoms with Gasteiger partial charge in [0.05, 0.1) is 0 Å². The van der Waals surface area contributed by atoms with Gasteiger partial charge in [-0.25, -0.2) is 0 Å². The van der Waals surface area contributed by atoms with Crippen molar-refractivity contribution in [2.45, 2.75) is 32.1 Å². The Hall–Kier alpha value is -5.60. The van der Waals surface area contributed by atoms with Crippen LogP contribution < -0.4 is 4.90 Å². The normalized spacial score (nSPS) is 14.6. The third-order valence-corrected chi connectivity index (χ3v) is 10.1. The molecule has 0 fully saturated rings. The maximum Gasteiger partial charge on any atom is 0.143 e. The van der Waals surface area contributed by atoms with Gasteiger partial charge in [-0.2, -0.15) is 0 Å². The number of hydrogen-bond donors (Lipinski definition) is 0. The summed E-state index contributed by atoms with van der Waals surface area (Å²) in [6.07, 6.45) is 8.75. The van der Waals surface area contributed by atoms with Gasteiger partial charge < -0.3 is 9.32 Å². The standard InChI is InChI=1S/C45H35NO/c1-45(2)41-28-31(30-13-5-3-6-14-30)23-25-37(41)38-26-24-35(29-42(38)45)46(33-16-7-4-8-17-33)34-18-11-15-32(27-34)36-20-12-21-40-39-19-9-10-22-43(39)47-44(36)40/h3-7,9-16,18-29H,8,17H2,1-2H3. The van der Waals surface area contributed by atoms with E-state index in [1.807, 2.05) is 6.07 Å². The second-order valence-corrected chi connectivity index (χ2v) is 13.3. The fourth-order valence-corrected chi connectivity index (χ4v) is 7.72. The van der Waals surface area contributed by atoms with Crippen molar-refractivity contribution in [1.82, 2.24) is 0 Å². The van der Waals surface area contributed by atoms with E-state index in [0.717, 1.165) is 51.6 Å². The van der Waals surface area contributed by atoms with Gasteiger partial charge in [0.1, 0.15) is 11.2 Å². The molecule has 0 N–H and O–H groups in total. The Bertz CT molecular complexity index is 2390. The van der Waals surface area contributed by atoms with Crippen molar-refractivity contribution in [3.05, 3.63) is 169 Å². The molecule has 7 aromatic rings. The van der Waals surface area contributed by atoms with Crippen LogP contribution in [0.15, 0.2) is 162 Å². The highest BCUT2D eigenvalue weighted by Crippen LogP contribution is 2.51. The molecule has 2 nitrogen and oxygen atoms in total. The number of benzene rings is 6. The largest absolute Gasteiger partial charge is 0.455 e. The van der Waals surface area contributed by atoms with Crippen LogP contribution in [0.5, 0.6) is 0 Å². The summed E-state index contributed by atoms with van der Waals surface area (Å²) in [5.74, 6) is 0. The molecule has 47 heavy (non-hydrogen) atoms. The second kappa shape index (κ2) is 10.7. The van der Waals surface area contributed by atoms with Crippen molar-refractivity contribution >= 4 is 33.3 Å². The minimum atomic E-state index is -0.128. The van der Waals surface area contributed by atoms with Gasteiger partial charge in [0.2, 0.25) is 0 Å². The van der Waals surface area contributed by atoms with E-state index in [-0.39, 0.29) is 5.41 Å². The molecular weight excluding hydrogens is 571 g/mol. The van der Waals surface area contributed by atoms with E-state index in [9.17, 15) is 0 Å². The molecule has 0 saturated heterocycles. The lowest BCUT2D eigenvalue weighted by Crippen LogP contribution is -2.19. The Morgan fingerprint density at radius 2 is 1.30 bits per heavy atom. The Balaban J connectivity index is 1.16. The van der Waals surface area contributed by atoms with Crippen molar-refractivity contribution in [1.29, 1.82) is 0 Å². The molecule has 1 aromatic heterocycles. The van der Waals surface area contributed by atoms with E-state index in [1.165, 1.54) is 44.8 Å². The zero-order valence-corrected chi connectivity index (χ0v) is 26.7. The van der Waals surface area contributed by atoms with E-state index in [4.69, 9.17) is 4.42 Å². The van der Waals surface area contributed by atoms with Crippen LogP contribution in [0.4, 0.5) is 11.4 Å². The fourth-order valence-electron chi connectivity index (χ4n) is 7.72. The number of anilines is 2. The summed E-state index contributed by atoms with van der Waals surface area (Å²) >= 11 is 0. The van der Waals surface area contributed by atoms with E-state index >= 15 is 0 Å². The van der Waals surface area contributed by atoms with Crippen molar-refractivity contribution in [2.75, 3.05) is 4.90 Å². The van der Waals surface area contributed by atoms with Crippen LogP contribution in [0.25, 0.3) is 55.3 Å². The highest BCUT2D eigenvalue weighted by atomic mass is 16.3. The minimum Gasteiger partial charge on any atom is -0.455 e. The summed E-state index contributed by atoms with van der Waals surface area (Å²) in [6, 6.07) is 48.5. The lowest BCUT2D eigenvalue weighted by molar-refractivity contribution is 0.660. The smallest absolute Gasteiger partial charge is 0.143 e. The molecule has 2 aliphatic carbocycles. The Labute approximate surface area is 275 Å². The van der Waals surface area contributed by atoms with Gasteiger partial charge in [0.15, 0.2) is 0 Å². The maximum absolute atomic E-state index is 6.45. The Morgan fingerprint density at radius 3 is 2.15 bits per heavy atom. The number of allylic oxidation sites excluding steroid dienone is 4. The first kappa shape index (κ1) is 27.7. The highest BCUT2D eigenvalue weighted by molar-refractivity contribution is 6.09. The van der Waals surface area contributed by atoms with Gasteiger partial charge in [-0.3, -0.25) is 0 Å². The maximum atomic E-state index is 6.45. The lowest BCUT2D eigenvalue weighted by atomic mass is 9.81. The molecular formula is C45H35NO. The summed E-state index contributed by atoms with van der Waals surface area (Å²) in [5.41, 5.74) is 15.6. The molecule has 0 atom stereocenters. The molecule has 0 spiro atoms. The van der Waals surface area contributed by atoms with Gasteiger partial charge in [-0.15, -0.1) is 0 Å². The number of furan rings is 1. The third kappa shape index (κ3) is 4.47. The fraction of sp³-hybridized carbons (Fsp3) is 0.111. The van der Waals surface area contributed by atoms with Crippen LogP contribution >= 0.6 is 0 Å². The number of hydrogen-bond acceptors (Lipinski definition) is 2. The van der Waals surface area contributed by atoms with Crippen LogP contribution in [-0.4, -0.2) is 0 Å². The zero-order chi connectivity index (χ0) is 31.5. The number of nitrogens with zero attached hydrogens (tertiary/aromatic N) is 1. The summed E-state index contributed by atoms with van der Waals surface area (Å²) in [5, 5.41) is 2.30. The first-order valence-electron chi connectivity index (χ1n) is 16.6. The van der Waals surface area contributed by atoms with Crippen molar-refractivity contribution in [3.8, 4) is 33.4 Å². The molecule has 0 unspecified atom stereocenters. The van der Waals surface area contributed by atoms with Gasteiger partial charge in [0.25, 0.3) is 0 Å². The molecule has 2 aliphatic rings. The van der Waals surface area contributed by atoms with E-state index in [1.54, 1.807) is 0 Å². The van der Waals surface area contributed by atoms with Crippen molar-refractivity contribution in [2.24, 2.45) is 0 Å². The van der Waals surface area contributed by atoms with Crippen molar-refractivity contribution in [3.63, 3.8) is 0 Å². The monoisotopic (exact) mass is 605 g/mol. The number of rotatable bonds is 5. The van der Waals surface area contributed by atoms with Crippen LogP contribution in [0, 0.1) is 0 Å². The van der Waals surface area contributed by atoms with E-state index < -0.39 is 0 Å². The average molecular weight is 606 g/mol. The molecule has 0 bridgehead atoms. The molecule has 0 aliphatic heterocycles. The lowest BCUT2D eigenvalue weighted by Gasteiger charge is -2.31. The van der Waals surface area contributed by atoms with Crippen LogP contribution in [0.1, 0.15) is 37.8 Å². The summed E-state index contributed by atoms with van der Waals surface area (Å²) in [7, 11) is 0. The first-order chi connectivity index (χ1) is 23.1. The molecule has 0 saturated carbocycles. The third-order valence-electron chi connectivity index (χ3n) is 10.1. The Morgan fingerprint density at radius 1 is 0.574 bits per heavy atom. The van der Waals surface area contributed by atoms with E-state index in [0.29, 0.717) is 0 Å². The van der Waals surface area contributed by atoms with E-state index in [2.05, 4.69) is 164 Å². The van der Waals surface area contributed by atoms with Crippen LogP contribution in [0.2, 0.25) is 0 Å². The molecule has 226 valence electrons. The predicted octanol–water partition coefficient (Wildman–Crippen LogP) is 12.6.